The van der Waals surface area contributed by atoms with Gasteiger partial charge in [-0.1, -0.05) is 31.9 Å². The highest BCUT2D eigenvalue weighted by atomic mass is 19.1. The summed E-state index contributed by atoms with van der Waals surface area (Å²) < 4.78 is 12.6. The number of halogens is 1. The van der Waals surface area contributed by atoms with Gasteiger partial charge in [0.25, 0.3) is 0 Å². The Morgan fingerprint density at radius 1 is 1.29 bits per heavy atom. The molecule has 0 heterocycles. The fourth-order valence-corrected chi connectivity index (χ4v) is 1.55. The van der Waals surface area contributed by atoms with Crippen molar-refractivity contribution in [3.05, 3.63) is 35.6 Å². The van der Waals surface area contributed by atoms with Crippen molar-refractivity contribution >= 4 is 0 Å². The summed E-state index contributed by atoms with van der Waals surface area (Å²) in [6, 6.07) is 6.41. The lowest BCUT2D eigenvalue weighted by Gasteiger charge is -2.13. The predicted molar refractivity (Wildman–Crippen MR) is 55.8 cm³/mol. The number of rotatable bonds is 5. The van der Waals surface area contributed by atoms with Gasteiger partial charge in [-0.15, -0.1) is 0 Å². The zero-order valence-corrected chi connectivity index (χ0v) is 8.54. The van der Waals surface area contributed by atoms with Gasteiger partial charge in [-0.05, 0) is 24.1 Å². The van der Waals surface area contributed by atoms with Crippen molar-refractivity contribution < 1.29 is 9.50 Å². The summed E-state index contributed by atoms with van der Waals surface area (Å²) >= 11 is 0. The average Bonchev–Trinajstić information content (AvgIpc) is 2.21. The topological polar surface area (TPSA) is 20.2 Å². The molecular weight excluding hydrogens is 179 g/mol. The van der Waals surface area contributed by atoms with E-state index in [1.165, 1.54) is 12.1 Å². The third-order valence-corrected chi connectivity index (χ3v) is 2.47. The first-order valence-electron chi connectivity index (χ1n) is 5.14. The van der Waals surface area contributed by atoms with Gasteiger partial charge in [-0.25, -0.2) is 4.39 Å². The van der Waals surface area contributed by atoms with E-state index in [4.69, 9.17) is 0 Å². The van der Waals surface area contributed by atoms with Gasteiger partial charge in [-0.2, -0.15) is 0 Å². The molecule has 0 saturated carbocycles. The highest BCUT2D eigenvalue weighted by Crippen LogP contribution is 2.21. The molecule has 1 aromatic carbocycles. The third-order valence-electron chi connectivity index (χ3n) is 2.47. The van der Waals surface area contributed by atoms with E-state index in [9.17, 15) is 9.50 Å². The molecule has 0 aliphatic heterocycles. The van der Waals surface area contributed by atoms with Crippen molar-refractivity contribution in [3.8, 4) is 0 Å². The van der Waals surface area contributed by atoms with Crippen LogP contribution in [-0.2, 0) is 0 Å². The summed E-state index contributed by atoms with van der Waals surface area (Å²) in [6.07, 6.45) is 3.19. The van der Waals surface area contributed by atoms with Crippen LogP contribution in [0.4, 0.5) is 4.39 Å². The standard InChI is InChI=1S/C12H17FO/c1-2-3-4-11(9-14)10-5-7-12(13)8-6-10/h5-8,11,14H,2-4,9H2,1H3. The molecule has 0 aliphatic carbocycles. The van der Waals surface area contributed by atoms with Crippen LogP contribution in [0.1, 0.15) is 37.7 Å². The Hall–Kier alpha value is -0.890. The molecule has 78 valence electrons. The zero-order chi connectivity index (χ0) is 10.4. The average molecular weight is 196 g/mol. The first-order valence-corrected chi connectivity index (χ1v) is 5.14. The van der Waals surface area contributed by atoms with Gasteiger partial charge in [0.1, 0.15) is 5.82 Å². The Labute approximate surface area is 84.6 Å². The van der Waals surface area contributed by atoms with Crippen LogP contribution in [0.25, 0.3) is 0 Å². The quantitative estimate of drug-likeness (QED) is 0.767. The highest BCUT2D eigenvalue weighted by molar-refractivity contribution is 5.20. The van der Waals surface area contributed by atoms with E-state index in [-0.39, 0.29) is 18.3 Å². The number of aliphatic hydroxyl groups is 1. The molecule has 0 aliphatic rings. The van der Waals surface area contributed by atoms with Crippen LogP contribution < -0.4 is 0 Å². The smallest absolute Gasteiger partial charge is 0.123 e. The van der Waals surface area contributed by atoms with E-state index in [2.05, 4.69) is 6.92 Å². The largest absolute Gasteiger partial charge is 0.396 e. The summed E-state index contributed by atoms with van der Waals surface area (Å²) in [5.74, 6) is -0.0588. The van der Waals surface area contributed by atoms with Crippen molar-refractivity contribution in [1.82, 2.24) is 0 Å². The maximum atomic E-state index is 12.6. The number of unbranched alkanes of at least 4 members (excludes halogenated alkanes) is 1. The fourth-order valence-electron chi connectivity index (χ4n) is 1.55. The van der Waals surface area contributed by atoms with Gasteiger partial charge in [0.2, 0.25) is 0 Å². The second kappa shape index (κ2) is 5.76. The fraction of sp³-hybridized carbons (Fsp3) is 0.500. The molecule has 1 aromatic rings. The molecule has 0 saturated heterocycles. The van der Waals surface area contributed by atoms with Crippen LogP contribution in [0, 0.1) is 5.82 Å². The second-order valence-corrected chi connectivity index (χ2v) is 3.57. The maximum Gasteiger partial charge on any atom is 0.123 e. The number of hydrogen-bond donors (Lipinski definition) is 1. The Balaban J connectivity index is 2.64. The number of aliphatic hydroxyl groups excluding tert-OH is 1. The van der Waals surface area contributed by atoms with Gasteiger partial charge in [0.05, 0.1) is 0 Å². The first-order chi connectivity index (χ1) is 6.77. The van der Waals surface area contributed by atoms with E-state index < -0.39 is 0 Å². The van der Waals surface area contributed by atoms with Gasteiger partial charge in [0, 0.05) is 12.5 Å². The lowest BCUT2D eigenvalue weighted by molar-refractivity contribution is 0.257. The van der Waals surface area contributed by atoms with Gasteiger partial charge >= 0.3 is 0 Å². The third kappa shape index (κ3) is 3.11. The molecule has 1 rings (SSSR count). The molecule has 0 radical (unpaired) electrons. The molecule has 0 bridgehead atoms. The monoisotopic (exact) mass is 196 g/mol. The van der Waals surface area contributed by atoms with Crippen molar-refractivity contribution in [2.45, 2.75) is 32.1 Å². The second-order valence-electron chi connectivity index (χ2n) is 3.57. The Bertz CT molecular complexity index is 256. The molecule has 0 amide bonds. The van der Waals surface area contributed by atoms with Crippen LogP contribution in [-0.4, -0.2) is 11.7 Å². The highest BCUT2D eigenvalue weighted by Gasteiger charge is 2.09. The molecule has 14 heavy (non-hydrogen) atoms. The van der Waals surface area contributed by atoms with E-state index in [0.717, 1.165) is 24.8 Å². The van der Waals surface area contributed by atoms with E-state index in [0.29, 0.717) is 0 Å². The minimum absolute atomic E-state index is 0.144. The molecule has 1 nitrogen and oxygen atoms in total. The minimum atomic E-state index is -0.221. The molecule has 2 heteroatoms. The van der Waals surface area contributed by atoms with Crippen LogP contribution in [0.5, 0.6) is 0 Å². The zero-order valence-electron chi connectivity index (χ0n) is 8.54. The summed E-state index contributed by atoms with van der Waals surface area (Å²) in [5, 5.41) is 9.18. The van der Waals surface area contributed by atoms with E-state index in [1.807, 2.05) is 0 Å². The summed E-state index contributed by atoms with van der Waals surface area (Å²) in [4.78, 5) is 0. The summed E-state index contributed by atoms with van der Waals surface area (Å²) in [6.45, 7) is 2.27. The molecule has 1 N–H and O–H groups in total. The van der Waals surface area contributed by atoms with Gasteiger partial charge in [-0.3, -0.25) is 0 Å². The lowest BCUT2D eigenvalue weighted by atomic mass is 9.94. The van der Waals surface area contributed by atoms with Crippen molar-refractivity contribution in [2.75, 3.05) is 6.61 Å². The lowest BCUT2D eigenvalue weighted by Crippen LogP contribution is -2.03. The molecule has 1 unspecified atom stereocenters. The molecule has 0 fully saturated rings. The molecule has 0 aromatic heterocycles. The normalized spacial score (nSPS) is 12.8. The summed E-state index contributed by atoms with van der Waals surface area (Å²) in [7, 11) is 0. The van der Waals surface area contributed by atoms with Crippen molar-refractivity contribution in [3.63, 3.8) is 0 Å². The minimum Gasteiger partial charge on any atom is -0.396 e. The van der Waals surface area contributed by atoms with Crippen LogP contribution >= 0.6 is 0 Å². The first kappa shape index (κ1) is 11.2. The molecular formula is C12H17FO. The Morgan fingerprint density at radius 2 is 1.93 bits per heavy atom. The Kier molecular flexibility index (Phi) is 4.60. The van der Waals surface area contributed by atoms with Crippen LogP contribution in [0.2, 0.25) is 0 Å². The number of benzene rings is 1. The van der Waals surface area contributed by atoms with E-state index >= 15 is 0 Å². The number of hydrogen-bond acceptors (Lipinski definition) is 1. The van der Waals surface area contributed by atoms with Gasteiger partial charge in [0.15, 0.2) is 0 Å². The van der Waals surface area contributed by atoms with Crippen LogP contribution in [0.15, 0.2) is 24.3 Å². The maximum absolute atomic E-state index is 12.6. The molecule has 1 atom stereocenters. The van der Waals surface area contributed by atoms with Crippen LogP contribution in [0.3, 0.4) is 0 Å². The predicted octanol–water partition coefficient (Wildman–Crippen LogP) is 3.09. The van der Waals surface area contributed by atoms with E-state index in [1.54, 1.807) is 12.1 Å². The van der Waals surface area contributed by atoms with Gasteiger partial charge < -0.3 is 5.11 Å². The van der Waals surface area contributed by atoms with Crippen molar-refractivity contribution in [1.29, 1.82) is 0 Å². The Morgan fingerprint density at radius 3 is 2.43 bits per heavy atom. The summed E-state index contributed by atoms with van der Waals surface area (Å²) in [5.41, 5.74) is 1.03. The van der Waals surface area contributed by atoms with Crippen molar-refractivity contribution in [2.24, 2.45) is 0 Å². The molecule has 0 spiro atoms. The SMILES string of the molecule is CCCCC(CO)c1ccc(F)cc1.